The molecule has 0 spiro atoms. The molecule has 0 fully saturated rings. The third-order valence-corrected chi connectivity index (χ3v) is 3.96. The van der Waals surface area contributed by atoms with Gasteiger partial charge in [0.25, 0.3) is 0 Å². The van der Waals surface area contributed by atoms with Gasteiger partial charge < -0.3 is 25.2 Å². The molecule has 0 aliphatic heterocycles. The van der Waals surface area contributed by atoms with Crippen LogP contribution in [0.4, 0.5) is 4.79 Å². The molecule has 0 aromatic heterocycles. The van der Waals surface area contributed by atoms with Crippen LogP contribution >= 0.6 is 0 Å². The van der Waals surface area contributed by atoms with E-state index in [-0.39, 0.29) is 11.6 Å². The number of hydrogen-bond donors (Lipinski definition) is 3. The van der Waals surface area contributed by atoms with Crippen molar-refractivity contribution in [1.82, 2.24) is 10.6 Å². The first-order chi connectivity index (χ1) is 13.5. The molecule has 150 valence electrons. The SMILES string of the molecule is CCOc1ccc(CCNC(=O)NCc2ccc(C(=O)O)cc2)cc1OCC. The van der Waals surface area contributed by atoms with Crippen molar-refractivity contribution in [3.05, 3.63) is 59.2 Å². The highest BCUT2D eigenvalue weighted by molar-refractivity contribution is 5.87. The van der Waals surface area contributed by atoms with Gasteiger partial charge in [-0.05, 0) is 55.7 Å². The Kier molecular flexibility index (Phi) is 8.14. The summed E-state index contributed by atoms with van der Waals surface area (Å²) in [5.41, 5.74) is 2.08. The van der Waals surface area contributed by atoms with Crippen LogP contribution in [0.3, 0.4) is 0 Å². The highest BCUT2D eigenvalue weighted by atomic mass is 16.5. The normalized spacial score (nSPS) is 10.2. The van der Waals surface area contributed by atoms with Crippen molar-refractivity contribution in [3.63, 3.8) is 0 Å². The number of carboxylic acid groups (broad SMARTS) is 1. The van der Waals surface area contributed by atoms with Crippen LogP contribution in [-0.4, -0.2) is 36.9 Å². The number of nitrogens with one attached hydrogen (secondary N) is 2. The molecule has 2 aromatic carbocycles. The van der Waals surface area contributed by atoms with E-state index in [1.165, 1.54) is 12.1 Å². The number of amides is 2. The van der Waals surface area contributed by atoms with Gasteiger partial charge in [0, 0.05) is 13.1 Å². The summed E-state index contributed by atoms with van der Waals surface area (Å²) >= 11 is 0. The lowest BCUT2D eigenvalue weighted by Crippen LogP contribution is -2.36. The largest absolute Gasteiger partial charge is 0.490 e. The Hall–Kier alpha value is -3.22. The van der Waals surface area contributed by atoms with Gasteiger partial charge in [-0.3, -0.25) is 0 Å². The maximum atomic E-state index is 11.9. The van der Waals surface area contributed by atoms with Crippen LogP contribution in [0.15, 0.2) is 42.5 Å². The summed E-state index contributed by atoms with van der Waals surface area (Å²) in [5, 5.41) is 14.4. The second-order valence-electron chi connectivity index (χ2n) is 6.01. The number of carbonyl (C=O) groups is 2. The topological polar surface area (TPSA) is 96.9 Å². The molecule has 0 aliphatic carbocycles. The number of rotatable bonds is 10. The molecule has 28 heavy (non-hydrogen) atoms. The summed E-state index contributed by atoms with van der Waals surface area (Å²) in [5.74, 6) is 0.447. The van der Waals surface area contributed by atoms with Crippen molar-refractivity contribution in [3.8, 4) is 11.5 Å². The third kappa shape index (κ3) is 6.50. The summed E-state index contributed by atoms with van der Waals surface area (Å²) in [4.78, 5) is 22.8. The van der Waals surface area contributed by atoms with E-state index in [9.17, 15) is 9.59 Å². The number of urea groups is 1. The number of hydrogen-bond acceptors (Lipinski definition) is 4. The third-order valence-electron chi connectivity index (χ3n) is 3.96. The predicted octanol–water partition coefficient (Wildman–Crippen LogP) is 3.22. The van der Waals surface area contributed by atoms with Crippen molar-refractivity contribution in [2.24, 2.45) is 0 Å². The van der Waals surface area contributed by atoms with E-state index >= 15 is 0 Å². The maximum absolute atomic E-state index is 11.9. The van der Waals surface area contributed by atoms with Gasteiger partial charge in [-0.1, -0.05) is 18.2 Å². The van der Waals surface area contributed by atoms with Gasteiger partial charge in [0.05, 0.1) is 18.8 Å². The Bertz CT molecular complexity index is 790. The van der Waals surface area contributed by atoms with Crippen LogP contribution in [0.1, 0.15) is 35.3 Å². The standard InChI is InChI=1S/C21H26N2O5/c1-3-27-18-10-7-15(13-19(18)28-4-2)11-12-22-21(26)23-14-16-5-8-17(9-6-16)20(24)25/h5-10,13H,3-4,11-12,14H2,1-2H3,(H,24,25)(H2,22,23,26). The Morgan fingerprint density at radius 1 is 0.893 bits per heavy atom. The van der Waals surface area contributed by atoms with Crippen molar-refractivity contribution in [2.45, 2.75) is 26.8 Å². The Morgan fingerprint density at radius 3 is 2.18 bits per heavy atom. The minimum atomic E-state index is -0.973. The molecule has 7 nitrogen and oxygen atoms in total. The highest BCUT2D eigenvalue weighted by Crippen LogP contribution is 2.28. The van der Waals surface area contributed by atoms with Crippen molar-refractivity contribution in [2.75, 3.05) is 19.8 Å². The molecular weight excluding hydrogens is 360 g/mol. The van der Waals surface area contributed by atoms with Crippen LogP contribution in [0.2, 0.25) is 0 Å². The zero-order valence-corrected chi connectivity index (χ0v) is 16.2. The first-order valence-electron chi connectivity index (χ1n) is 9.26. The maximum Gasteiger partial charge on any atom is 0.335 e. The first-order valence-corrected chi connectivity index (χ1v) is 9.26. The molecule has 0 unspecified atom stereocenters. The second-order valence-corrected chi connectivity index (χ2v) is 6.01. The summed E-state index contributed by atoms with van der Waals surface area (Å²) < 4.78 is 11.2. The summed E-state index contributed by atoms with van der Waals surface area (Å²) in [6, 6.07) is 11.9. The average Bonchev–Trinajstić information content (AvgIpc) is 2.69. The highest BCUT2D eigenvalue weighted by Gasteiger charge is 2.07. The molecule has 3 N–H and O–H groups in total. The molecule has 0 bridgehead atoms. The molecule has 2 aromatic rings. The number of carboxylic acids is 1. The van der Waals surface area contributed by atoms with Gasteiger partial charge in [0.2, 0.25) is 0 Å². The van der Waals surface area contributed by atoms with E-state index < -0.39 is 5.97 Å². The molecule has 0 atom stereocenters. The fourth-order valence-corrected chi connectivity index (χ4v) is 2.58. The molecule has 7 heteroatoms. The average molecular weight is 386 g/mol. The molecule has 2 rings (SSSR count). The Balaban J connectivity index is 1.78. The van der Waals surface area contributed by atoms with Gasteiger partial charge in [-0.2, -0.15) is 0 Å². The first kappa shape index (κ1) is 21.1. The van der Waals surface area contributed by atoms with E-state index in [2.05, 4.69) is 10.6 Å². The number of carbonyl (C=O) groups excluding carboxylic acids is 1. The molecule has 0 aliphatic rings. The monoisotopic (exact) mass is 386 g/mol. The lowest BCUT2D eigenvalue weighted by Gasteiger charge is -2.13. The number of ether oxygens (including phenoxy) is 2. The second kappa shape index (κ2) is 10.8. The van der Waals surface area contributed by atoms with Gasteiger partial charge >= 0.3 is 12.0 Å². The van der Waals surface area contributed by atoms with E-state index in [4.69, 9.17) is 14.6 Å². The number of benzene rings is 2. The van der Waals surface area contributed by atoms with Gasteiger partial charge in [-0.15, -0.1) is 0 Å². The molecule has 0 saturated heterocycles. The molecule has 0 radical (unpaired) electrons. The zero-order chi connectivity index (χ0) is 20.4. The van der Waals surface area contributed by atoms with E-state index in [0.29, 0.717) is 44.2 Å². The van der Waals surface area contributed by atoms with Crippen molar-refractivity contribution < 1.29 is 24.2 Å². The summed E-state index contributed by atoms with van der Waals surface area (Å²) in [7, 11) is 0. The summed E-state index contributed by atoms with van der Waals surface area (Å²) in [6.45, 7) is 5.76. The lowest BCUT2D eigenvalue weighted by atomic mass is 10.1. The molecular formula is C21H26N2O5. The van der Waals surface area contributed by atoms with E-state index in [1.807, 2.05) is 32.0 Å². The Morgan fingerprint density at radius 2 is 1.54 bits per heavy atom. The van der Waals surface area contributed by atoms with Crippen LogP contribution in [-0.2, 0) is 13.0 Å². The number of aromatic carboxylic acids is 1. The van der Waals surface area contributed by atoms with Crippen molar-refractivity contribution in [1.29, 1.82) is 0 Å². The van der Waals surface area contributed by atoms with Crippen LogP contribution in [0.5, 0.6) is 11.5 Å². The van der Waals surface area contributed by atoms with Gasteiger partial charge in [0.1, 0.15) is 0 Å². The smallest absolute Gasteiger partial charge is 0.335 e. The minimum absolute atomic E-state index is 0.218. The van der Waals surface area contributed by atoms with Crippen LogP contribution in [0.25, 0.3) is 0 Å². The van der Waals surface area contributed by atoms with Crippen LogP contribution < -0.4 is 20.1 Å². The quantitative estimate of drug-likeness (QED) is 0.583. The molecule has 0 saturated carbocycles. The van der Waals surface area contributed by atoms with Crippen molar-refractivity contribution >= 4 is 12.0 Å². The van der Waals surface area contributed by atoms with Gasteiger partial charge in [-0.25, -0.2) is 9.59 Å². The van der Waals surface area contributed by atoms with E-state index in [1.54, 1.807) is 12.1 Å². The van der Waals surface area contributed by atoms with E-state index in [0.717, 1.165) is 11.1 Å². The molecule has 2 amide bonds. The lowest BCUT2D eigenvalue weighted by molar-refractivity contribution is 0.0697. The minimum Gasteiger partial charge on any atom is -0.490 e. The zero-order valence-electron chi connectivity index (χ0n) is 16.2. The fraction of sp³-hybridized carbons (Fsp3) is 0.333. The molecule has 0 heterocycles. The Labute approximate surface area is 164 Å². The van der Waals surface area contributed by atoms with Crippen LogP contribution in [0, 0.1) is 0 Å². The van der Waals surface area contributed by atoms with Gasteiger partial charge in [0.15, 0.2) is 11.5 Å². The fourth-order valence-electron chi connectivity index (χ4n) is 2.58. The summed E-state index contributed by atoms with van der Waals surface area (Å²) in [6.07, 6.45) is 0.660. The predicted molar refractivity (Wildman–Crippen MR) is 106 cm³/mol.